The normalized spacial score (nSPS) is 35.2. The summed E-state index contributed by atoms with van der Waals surface area (Å²) in [7, 11) is 0. The zero-order valence-corrected chi connectivity index (χ0v) is 24.0. The predicted octanol–water partition coefficient (Wildman–Crippen LogP) is 3.87. The van der Waals surface area contributed by atoms with Crippen LogP contribution in [0, 0.1) is 40.4 Å². The van der Waals surface area contributed by atoms with Crippen molar-refractivity contribution in [3.8, 4) is 0 Å². The van der Waals surface area contributed by atoms with Gasteiger partial charge in [-0.25, -0.2) is 4.79 Å². The third-order valence-corrected chi connectivity index (χ3v) is 10.5. The van der Waals surface area contributed by atoms with E-state index in [0.29, 0.717) is 23.5 Å². The minimum atomic E-state index is -1.11. The van der Waals surface area contributed by atoms with Gasteiger partial charge in [-0.2, -0.15) is 0 Å². The van der Waals surface area contributed by atoms with Gasteiger partial charge in [0.1, 0.15) is 11.8 Å². The zero-order chi connectivity index (χ0) is 28.5. The number of allylic oxidation sites excluding steroid dienone is 2. The SMILES string of the molecule is CC(=O)[C@H]1CC[C@H]2[C@@H]3CCC4=C/C(=N\OCC(=O)NCC(=O)NC(C(=O)O)C(C)C)CC[C@]4(C)[C@H]3CC[C@]12C. The van der Waals surface area contributed by atoms with E-state index >= 15 is 0 Å². The number of carboxylic acid groups (broad SMARTS) is 1. The van der Waals surface area contributed by atoms with Crippen molar-refractivity contribution in [3.63, 3.8) is 0 Å². The molecule has 0 bridgehead atoms. The Hall–Kier alpha value is -2.71. The molecule has 2 amide bonds. The molecule has 0 aromatic carbocycles. The topological polar surface area (TPSA) is 134 Å². The van der Waals surface area contributed by atoms with Crippen molar-refractivity contribution in [2.75, 3.05) is 13.2 Å². The molecule has 1 unspecified atom stereocenters. The Kier molecular flexibility index (Phi) is 8.57. The van der Waals surface area contributed by atoms with Crippen LogP contribution in [-0.4, -0.2) is 53.6 Å². The van der Waals surface area contributed by atoms with Gasteiger partial charge in [-0.3, -0.25) is 14.4 Å². The van der Waals surface area contributed by atoms with Gasteiger partial charge in [0, 0.05) is 5.92 Å². The second kappa shape index (κ2) is 11.4. The second-order valence-electron chi connectivity index (χ2n) is 13.0. The van der Waals surface area contributed by atoms with E-state index in [-0.39, 0.29) is 35.8 Å². The molecule has 3 N–H and O–H groups in total. The molecule has 3 fully saturated rings. The molecule has 39 heavy (non-hydrogen) atoms. The molecule has 4 aliphatic rings. The van der Waals surface area contributed by atoms with Gasteiger partial charge < -0.3 is 20.6 Å². The zero-order valence-electron chi connectivity index (χ0n) is 24.0. The summed E-state index contributed by atoms with van der Waals surface area (Å²) >= 11 is 0. The fourth-order valence-electron chi connectivity index (χ4n) is 8.45. The van der Waals surface area contributed by atoms with Crippen LogP contribution in [0.15, 0.2) is 16.8 Å². The molecule has 0 aromatic rings. The lowest BCUT2D eigenvalue weighted by Crippen LogP contribution is -2.51. The van der Waals surface area contributed by atoms with Gasteiger partial charge in [0.15, 0.2) is 6.61 Å². The fourth-order valence-corrected chi connectivity index (χ4v) is 8.45. The van der Waals surface area contributed by atoms with Crippen LogP contribution in [0.3, 0.4) is 0 Å². The Morgan fingerprint density at radius 2 is 1.79 bits per heavy atom. The van der Waals surface area contributed by atoms with Gasteiger partial charge in [0.2, 0.25) is 5.91 Å². The van der Waals surface area contributed by atoms with Crippen molar-refractivity contribution in [2.45, 2.75) is 92.0 Å². The molecule has 216 valence electrons. The van der Waals surface area contributed by atoms with Crippen LogP contribution >= 0.6 is 0 Å². The summed E-state index contributed by atoms with van der Waals surface area (Å²) in [4.78, 5) is 53.0. The molecular formula is C30H45N3O6. The first-order chi connectivity index (χ1) is 18.4. The van der Waals surface area contributed by atoms with Crippen molar-refractivity contribution in [1.29, 1.82) is 0 Å². The summed E-state index contributed by atoms with van der Waals surface area (Å²) in [6.07, 6.45) is 10.7. The summed E-state index contributed by atoms with van der Waals surface area (Å²) in [6.45, 7) is 9.33. The Morgan fingerprint density at radius 3 is 2.46 bits per heavy atom. The van der Waals surface area contributed by atoms with Gasteiger partial charge in [-0.05, 0) is 98.9 Å². The Labute approximate surface area is 231 Å². The van der Waals surface area contributed by atoms with Crippen molar-refractivity contribution < 1.29 is 29.1 Å². The highest BCUT2D eigenvalue weighted by molar-refractivity contribution is 5.96. The summed E-state index contributed by atoms with van der Waals surface area (Å²) in [5.74, 6) is 0.0981. The molecular weight excluding hydrogens is 498 g/mol. The second-order valence-corrected chi connectivity index (χ2v) is 13.0. The third kappa shape index (κ3) is 5.78. The first-order valence-electron chi connectivity index (χ1n) is 14.6. The van der Waals surface area contributed by atoms with Gasteiger partial charge in [0.25, 0.3) is 5.91 Å². The summed E-state index contributed by atoms with van der Waals surface area (Å²) in [5, 5.41) is 18.3. The van der Waals surface area contributed by atoms with Crippen LogP contribution in [0.2, 0.25) is 0 Å². The number of Topliss-reactive ketones (excluding diaryl/α,β-unsaturated/α-hetero) is 1. The average Bonchev–Trinajstić information content (AvgIpc) is 3.23. The van der Waals surface area contributed by atoms with E-state index in [1.165, 1.54) is 18.4 Å². The molecule has 9 nitrogen and oxygen atoms in total. The Balaban J connectivity index is 1.30. The molecule has 7 atom stereocenters. The molecule has 0 aliphatic heterocycles. The molecule has 0 spiro atoms. The van der Waals surface area contributed by atoms with Gasteiger partial charge in [0.05, 0.1) is 12.3 Å². The van der Waals surface area contributed by atoms with Crippen molar-refractivity contribution in [1.82, 2.24) is 10.6 Å². The van der Waals surface area contributed by atoms with Crippen LogP contribution < -0.4 is 10.6 Å². The van der Waals surface area contributed by atoms with E-state index in [9.17, 15) is 24.3 Å². The van der Waals surface area contributed by atoms with E-state index < -0.39 is 23.8 Å². The lowest BCUT2D eigenvalue weighted by atomic mass is 9.46. The number of nitrogens with one attached hydrogen (secondary N) is 2. The van der Waals surface area contributed by atoms with Gasteiger partial charge >= 0.3 is 5.97 Å². The molecule has 9 heteroatoms. The largest absolute Gasteiger partial charge is 0.480 e. The highest BCUT2D eigenvalue weighted by Gasteiger charge is 2.59. The minimum Gasteiger partial charge on any atom is -0.480 e. The number of hydrogen-bond donors (Lipinski definition) is 3. The van der Waals surface area contributed by atoms with E-state index in [1.807, 2.05) is 0 Å². The van der Waals surface area contributed by atoms with Crippen molar-refractivity contribution in [2.24, 2.45) is 45.6 Å². The lowest BCUT2D eigenvalue weighted by molar-refractivity contribution is -0.143. The highest BCUT2D eigenvalue weighted by Crippen LogP contribution is 2.66. The molecule has 0 radical (unpaired) electrons. The summed E-state index contributed by atoms with van der Waals surface area (Å²) in [6, 6.07) is -1.01. The molecule has 0 heterocycles. The number of aliphatic carboxylic acids is 1. The van der Waals surface area contributed by atoms with Crippen molar-refractivity contribution >= 4 is 29.3 Å². The van der Waals surface area contributed by atoms with Gasteiger partial charge in [-0.1, -0.05) is 38.4 Å². The third-order valence-electron chi connectivity index (χ3n) is 10.5. The van der Waals surface area contributed by atoms with Crippen LogP contribution in [0.5, 0.6) is 0 Å². The molecule has 0 aromatic heterocycles. The summed E-state index contributed by atoms with van der Waals surface area (Å²) < 4.78 is 0. The number of ketones is 1. The molecule has 3 saturated carbocycles. The fraction of sp³-hybridized carbons (Fsp3) is 0.767. The molecule has 4 rings (SSSR count). The van der Waals surface area contributed by atoms with Crippen LogP contribution in [-0.2, 0) is 24.0 Å². The van der Waals surface area contributed by atoms with Crippen LogP contribution in [0.4, 0.5) is 0 Å². The number of amides is 2. The highest BCUT2D eigenvalue weighted by atomic mass is 16.6. The Bertz CT molecular complexity index is 1070. The smallest absolute Gasteiger partial charge is 0.326 e. The number of rotatable bonds is 9. The van der Waals surface area contributed by atoms with Gasteiger partial charge in [-0.15, -0.1) is 0 Å². The number of carbonyl (C=O) groups excluding carboxylic acids is 3. The maximum absolute atomic E-state index is 12.4. The monoisotopic (exact) mass is 543 g/mol. The van der Waals surface area contributed by atoms with E-state index in [2.05, 4.69) is 35.7 Å². The minimum absolute atomic E-state index is 0.145. The quantitative estimate of drug-likeness (QED) is 0.378. The van der Waals surface area contributed by atoms with Crippen LogP contribution in [0.25, 0.3) is 0 Å². The number of nitrogens with zero attached hydrogens (tertiary/aromatic N) is 1. The molecule has 0 saturated heterocycles. The molecule has 4 aliphatic carbocycles. The predicted molar refractivity (Wildman–Crippen MR) is 147 cm³/mol. The number of carbonyl (C=O) groups is 4. The maximum Gasteiger partial charge on any atom is 0.326 e. The number of oxime groups is 1. The first kappa shape index (κ1) is 29.3. The lowest BCUT2D eigenvalue weighted by Gasteiger charge is -2.58. The first-order valence-corrected chi connectivity index (χ1v) is 14.6. The number of fused-ring (bicyclic) bond motifs is 5. The number of carboxylic acids is 1. The summed E-state index contributed by atoms with van der Waals surface area (Å²) in [5.41, 5.74) is 2.58. The van der Waals surface area contributed by atoms with E-state index in [4.69, 9.17) is 4.84 Å². The van der Waals surface area contributed by atoms with Crippen molar-refractivity contribution in [3.05, 3.63) is 11.6 Å². The maximum atomic E-state index is 12.4. The standard InChI is InChI=1S/C30H45N3O6/c1-17(2)27(28(37)38)32-25(35)15-31-26(36)16-39-33-20-10-12-29(4)19(14-20)6-7-21-23-9-8-22(18(3)34)30(23,5)13-11-24(21)29/h14,17,21-24,27H,6-13,15-16H2,1-5H3,(H,31,36)(H,32,35)(H,37,38)/b33-20-/t21-,22+,23-,24-,27?,29-,30+/m0/s1. The van der Waals surface area contributed by atoms with E-state index in [0.717, 1.165) is 44.2 Å². The Morgan fingerprint density at radius 1 is 1.05 bits per heavy atom. The van der Waals surface area contributed by atoms with E-state index in [1.54, 1.807) is 20.8 Å². The average molecular weight is 544 g/mol. The van der Waals surface area contributed by atoms with Crippen LogP contribution in [0.1, 0.15) is 86.0 Å². The number of hydrogen-bond acceptors (Lipinski definition) is 6.